The molecule has 0 atom stereocenters. The van der Waals surface area contributed by atoms with Crippen molar-refractivity contribution in [2.24, 2.45) is 0 Å². The number of likely N-dealkylation sites (tertiary alicyclic amines) is 1. The first-order chi connectivity index (χ1) is 9.10. The third-order valence-corrected chi connectivity index (χ3v) is 4.25. The molecular formula is C17H25NO. The molecule has 2 nitrogen and oxygen atoms in total. The highest BCUT2D eigenvalue weighted by Crippen LogP contribution is 2.30. The lowest BCUT2D eigenvalue weighted by Crippen LogP contribution is -2.36. The molecule has 0 unspecified atom stereocenters. The van der Waals surface area contributed by atoms with E-state index in [0.29, 0.717) is 24.7 Å². The second-order valence-electron chi connectivity index (χ2n) is 5.80. The fraction of sp³-hybridized carbons (Fsp3) is 0.588. The minimum absolute atomic E-state index is 0.366. The quantitative estimate of drug-likeness (QED) is 0.825. The van der Waals surface area contributed by atoms with Crippen LogP contribution >= 0.6 is 0 Å². The van der Waals surface area contributed by atoms with Crippen LogP contribution in [0.3, 0.4) is 0 Å². The Bertz CT molecular complexity index is 445. The highest BCUT2D eigenvalue weighted by molar-refractivity contribution is 5.80. The predicted octanol–water partition coefficient (Wildman–Crippen LogP) is 3.46. The number of rotatable bonds is 4. The van der Waals surface area contributed by atoms with Crippen molar-refractivity contribution in [1.29, 1.82) is 0 Å². The van der Waals surface area contributed by atoms with Crippen LogP contribution in [0.5, 0.6) is 0 Å². The van der Waals surface area contributed by atoms with Crippen LogP contribution in [0.1, 0.15) is 48.8 Å². The van der Waals surface area contributed by atoms with Gasteiger partial charge < -0.3 is 0 Å². The molecule has 0 bridgehead atoms. The molecule has 19 heavy (non-hydrogen) atoms. The summed E-state index contributed by atoms with van der Waals surface area (Å²) in [6, 6.07) is 6.79. The van der Waals surface area contributed by atoms with Crippen molar-refractivity contribution in [3.63, 3.8) is 0 Å². The molecule has 1 aromatic rings. The molecule has 0 aliphatic carbocycles. The number of aryl methyl sites for hydroxylation is 2. The number of hydrogen-bond acceptors (Lipinski definition) is 2. The third kappa shape index (κ3) is 3.66. The lowest BCUT2D eigenvalue weighted by Gasteiger charge is -2.32. The van der Waals surface area contributed by atoms with Crippen LogP contribution in [-0.2, 0) is 4.79 Å². The van der Waals surface area contributed by atoms with Gasteiger partial charge in [-0.2, -0.15) is 0 Å². The molecule has 104 valence electrons. The summed E-state index contributed by atoms with van der Waals surface area (Å²) in [6.07, 6.45) is 3.03. The Hall–Kier alpha value is -1.15. The SMILES string of the molecule is CCC(=O)CN1CCC(c2ccc(C)cc2C)CC1. The standard InChI is InChI=1S/C17H25NO/c1-4-16(19)12-18-9-7-15(8-10-18)17-6-5-13(2)11-14(17)3/h5-6,11,15H,4,7-10,12H2,1-3H3. The zero-order valence-electron chi connectivity index (χ0n) is 12.4. The molecule has 0 radical (unpaired) electrons. The average molecular weight is 259 g/mol. The summed E-state index contributed by atoms with van der Waals surface area (Å²) in [4.78, 5) is 13.8. The van der Waals surface area contributed by atoms with E-state index in [-0.39, 0.29) is 0 Å². The summed E-state index contributed by atoms with van der Waals surface area (Å²) >= 11 is 0. The Labute approximate surface area is 116 Å². The molecule has 1 heterocycles. The van der Waals surface area contributed by atoms with Gasteiger partial charge in [-0.1, -0.05) is 30.7 Å². The van der Waals surface area contributed by atoms with Gasteiger partial charge in [-0.25, -0.2) is 0 Å². The van der Waals surface area contributed by atoms with Crippen molar-refractivity contribution in [1.82, 2.24) is 4.90 Å². The normalized spacial score (nSPS) is 17.6. The van der Waals surface area contributed by atoms with Crippen LogP contribution < -0.4 is 0 Å². The Balaban J connectivity index is 1.94. The smallest absolute Gasteiger partial charge is 0.146 e. The Morgan fingerprint density at radius 1 is 1.26 bits per heavy atom. The van der Waals surface area contributed by atoms with Gasteiger partial charge in [-0.3, -0.25) is 9.69 Å². The molecule has 0 aromatic heterocycles. The van der Waals surface area contributed by atoms with E-state index in [1.165, 1.54) is 29.5 Å². The molecule has 0 N–H and O–H groups in total. The summed E-state index contributed by atoms with van der Waals surface area (Å²) in [7, 11) is 0. The van der Waals surface area contributed by atoms with E-state index in [0.717, 1.165) is 13.1 Å². The van der Waals surface area contributed by atoms with E-state index < -0.39 is 0 Å². The largest absolute Gasteiger partial charge is 0.298 e. The molecular weight excluding hydrogens is 234 g/mol. The zero-order valence-corrected chi connectivity index (χ0v) is 12.4. The minimum atomic E-state index is 0.366. The zero-order chi connectivity index (χ0) is 13.8. The lowest BCUT2D eigenvalue weighted by atomic mass is 9.86. The molecule has 1 saturated heterocycles. The molecule has 0 saturated carbocycles. The van der Waals surface area contributed by atoms with Crippen LogP contribution in [-0.4, -0.2) is 30.3 Å². The Kier molecular flexibility index (Phi) is 4.76. The number of carbonyl (C=O) groups excluding carboxylic acids is 1. The van der Waals surface area contributed by atoms with Crippen LogP contribution in [0.25, 0.3) is 0 Å². The summed E-state index contributed by atoms with van der Waals surface area (Å²) in [5, 5.41) is 0. The highest BCUT2D eigenvalue weighted by atomic mass is 16.1. The fourth-order valence-corrected chi connectivity index (χ4v) is 3.05. The van der Waals surface area contributed by atoms with Crippen molar-refractivity contribution in [2.45, 2.75) is 46.0 Å². The molecule has 0 spiro atoms. The number of nitrogens with zero attached hydrogens (tertiary/aromatic N) is 1. The number of Topliss-reactive ketones (excluding diaryl/α,β-unsaturated/α-hetero) is 1. The monoisotopic (exact) mass is 259 g/mol. The van der Waals surface area contributed by atoms with Gasteiger partial charge in [0, 0.05) is 6.42 Å². The van der Waals surface area contributed by atoms with Gasteiger partial charge in [0.15, 0.2) is 0 Å². The summed E-state index contributed by atoms with van der Waals surface area (Å²) in [6.45, 7) is 9.08. The molecule has 2 rings (SSSR count). The van der Waals surface area contributed by atoms with E-state index >= 15 is 0 Å². The molecule has 1 aromatic carbocycles. The Morgan fingerprint density at radius 3 is 2.53 bits per heavy atom. The van der Waals surface area contributed by atoms with Gasteiger partial charge >= 0.3 is 0 Å². The van der Waals surface area contributed by atoms with Gasteiger partial charge in [0.1, 0.15) is 5.78 Å². The second kappa shape index (κ2) is 6.33. The maximum absolute atomic E-state index is 11.5. The van der Waals surface area contributed by atoms with E-state index in [1.54, 1.807) is 0 Å². The van der Waals surface area contributed by atoms with E-state index in [1.807, 2.05) is 6.92 Å². The average Bonchev–Trinajstić information content (AvgIpc) is 2.40. The lowest BCUT2D eigenvalue weighted by molar-refractivity contribution is -0.120. The van der Waals surface area contributed by atoms with Gasteiger partial charge in [0.05, 0.1) is 6.54 Å². The highest BCUT2D eigenvalue weighted by Gasteiger charge is 2.22. The number of benzene rings is 1. The Morgan fingerprint density at radius 2 is 1.95 bits per heavy atom. The molecule has 0 amide bonds. The molecule has 1 aliphatic rings. The van der Waals surface area contributed by atoms with Crippen molar-refractivity contribution < 1.29 is 4.79 Å². The molecule has 2 heteroatoms. The van der Waals surface area contributed by atoms with Crippen LogP contribution in [0, 0.1) is 13.8 Å². The van der Waals surface area contributed by atoms with Gasteiger partial charge in [-0.15, -0.1) is 0 Å². The maximum Gasteiger partial charge on any atom is 0.146 e. The van der Waals surface area contributed by atoms with E-state index in [4.69, 9.17) is 0 Å². The first-order valence-corrected chi connectivity index (χ1v) is 7.41. The number of ketones is 1. The second-order valence-corrected chi connectivity index (χ2v) is 5.80. The van der Waals surface area contributed by atoms with Crippen molar-refractivity contribution in [2.75, 3.05) is 19.6 Å². The minimum Gasteiger partial charge on any atom is -0.298 e. The topological polar surface area (TPSA) is 20.3 Å². The summed E-state index contributed by atoms with van der Waals surface area (Å²) in [5.41, 5.74) is 4.27. The third-order valence-electron chi connectivity index (χ3n) is 4.25. The maximum atomic E-state index is 11.5. The number of carbonyl (C=O) groups is 1. The number of hydrogen-bond donors (Lipinski definition) is 0. The molecule has 1 fully saturated rings. The summed E-state index contributed by atoms with van der Waals surface area (Å²) in [5.74, 6) is 1.04. The van der Waals surface area contributed by atoms with Crippen LogP contribution in [0.4, 0.5) is 0 Å². The number of piperidine rings is 1. The van der Waals surface area contributed by atoms with Crippen molar-refractivity contribution in [3.8, 4) is 0 Å². The van der Waals surface area contributed by atoms with E-state index in [2.05, 4.69) is 36.9 Å². The predicted molar refractivity (Wildman–Crippen MR) is 79.6 cm³/mol. The first kappa shape index (κ1) is 14.3. The first-order valence-electron chi connectivity index (χ1n) is 7.41. The fourth-order valence-electron chi connectivity index (χ4n) is 3.05. The van der Waals surface area contributed by atoms with Crippen LogP contribution in [0.2, 0.25) is 0 Å². The van der Waals surface area contributed by atoms with Gasteiger partial charge in [-0.05, 0) is 56.8 Å². The van der Waals surface area contributed by atoms with Gasteiger partial charge in [0.25, 0.3) is 0 Å². The van der Waals surface area contributed by atoms with Crippen molar-refractivity contribution >= 4 is 5.78 Å². The van der Waals surface area contributed by atoms with Crippen LogP contribution in [0.15, 0.2) is 18.2 Å². The van der Waals surface area contributed by atoms with Gasteiger partial charge in [0.2, 0.25) is 0 Å². The van der Waals surface area contributed by atoms with Crippen molar-refractivity contribution in [3.05, 3.63) is 34.9 Å². The molecule has 1 aliphatic heterocycles. The summed E-state index contributed by atoms with van der Waals surface area (Å²) < 4.78 is 0. The van der Waals surface area contributed by atoms with E-state index in [9.17, 15) is 4.79 Å².